The van der Waals surface area contributed by atoms with E-state index in [1.54, 1.807) is 24.3 Å². The third-order valence-electron chi connectivity index (χ3n) is 4.24. The van der Waals surface area contributed by atoms with Gasteiger partial charge in [-0.15, -0.1) is 0 Å². The average Bonchev–Trinajstić information content (AvgIpc) is 2.98. The lowest BCUT2D eigenvalue weighted by atomic mass is 10.1. The smallest absolute Gasteiger partial charge is 0.240 e. The second-order valence-corrected chi connectivity index (χ2v) is 8.03. The molecular formula is C19H22N2O2S. The van der Waals surface area contributed by atoms with E-state index in [1.807, 2.05) is 38.2 Å². The van der Waals surface area contributed by atoms with Gasteiger partial charge in [0.05, 0.1) is 4.90 Å². The molecule has 0 amide bonds. The summed E-state index contributed by atoms with van der Waals surface area (Å²) in [6, 6.07) is 18.5. The van der Waals surface area contributed by atoms with Crippen molar-refractivity contribution in [2.24, 2.45) is 5.92 Å². The Kier molecular flexibility index (Phi) is 4.73. The molecular weight excluding hydrogens is 320 g/mol. The van der Waals surface area contributed by atoms with E-state index in [4.69, 9.17) is 0 Å². The van der Waals surface area contributed by atoms with Crippen molar-refractivity contribution in [3.05, 3.63) is 66.9 Å². The number of benzene rings is 2. The molecule has 3 aromatic rings. The SMILES string of the molecule is CC(C)C(Cn1ccc2ccccc21)NS(=O)(=O)c1ccccc1. The second kappa shape index (κ2) is 6.79. The summed E-state index contributed by atoms with van der Waals surface area (Å²) >= 11 is 0. The van der Waals surface area contributed by atoms with Crippen LogP contribution >= 0.6 is 0 Å². The molecule has 0 saturated heterocycles. The Labute approximate surface area is 143 Å². The molecule has 0 radical (unpaired) electrons. The van der Waals surface area contributed by atoms with E-state index in [2.05, 4.69) is 27.5 Å². The van der Waals surface area contributed by atoms with Crippen LogP contribution < -0.4 is 4.72 Å². The number of hydrogen-bond acceptors (Lipinski definition) is 2. The summed E-state index contributed by atoms with van der Waals surface area (Å²) in [5, 5.41) is 1.16. The van der Waals surface area contributed by atoms with Crippen molar-refractivity contribution in [1.82, 2.24) is 9.29 Å². The maximum absolute atomic E-state index is 12.6. The third-order valence-corrected chi connectivity index (χ3v) is 5.74. The van der Waals surface area contributed by atoms with Crippen LogP contribution in [-0.4, -0.2) is 19.0 Å². The van der Waals surface area contributed by atoms with Crippen LogP contribution in [0.25, 0.3) is 10.9 Å². The van der Waals surface area contributed by atoms with Gasteiger partial charge >= 0.3 is 0 Å². The van der Waals surface area contributed by atoms with Crippen molar-refractivity contribution in [2.45, 2.75) is 31.3 Å². The van der Waals surface area contributed by atoms with Gasteiger partial charge in [0, 0.05) is 24.3 Å². The Balaban J connectivity index is 1.86. The predicted octanol–water partition coefficient (Wildman–Crippen LogP) is 3.64. The minimum absolute atomic E-state index is 0.171. The first kappa shape index (κ1) is 16.7. The zero-order chi connectivity index (χ0) is 17.2. The van der Waals surface area contributed by atoms with E-state index in [9.17, 15) is 8.42 Å². The molecule has 5 heteroatoms. The van der Waals surface area contributed by atoms with Crippen molar-refractivity contribution >= 4 is 20.9 Å². The summed E-state index contributed by atoms with van der Waals surface area (Å²) in [5.41, 5.74) is 1.11. The number of sulfonamides is 1. The summed E-state index contributed by atoms with van der Waals surface area (Å²) in [6.07, 6.45) is 2.01. The highest BCUT2D eigenvalue weighted by atomic mass is 32.2. The zero-order valence-electron chi connectivity index (χ0n) is 13.9. The normalized spacial score (nSPS) is 13.5. The Bertz CT molecular complexity index is 915. The fourth-order valence-corrected chi connectivity index (χ4v) is 4.16. The first-order valence-corrected chi connectivity index (χ1v) is 9.57. The number of aromatic nitrogens is 1. The molecule has 0 bridgehead atoms. The lowest BCUT2D eigenvalue weighted by Gasteiger charge is -2.23. The first-order valence-electron chi connectivity index (χ1n) is 8.08. The second-order valence-electron chi connectivity index (χ2n) is 6.31. The summed E-state index contributed by atoms with van der Waals surface area (Å²) in [5.74, 6) is 0.171. The van der Waals surface area contributed by atoms with Gasteiger partial charge in [0.2, 0.25) is 10.0 Å². The molecule has 1 N–H and O–H groups in total. The average molecular weight is 342 g/mol. The Morgan fingerprint density at radius 2 is 1.62 bits per heavy atom. The highest BCUT2D eigenvalue weighted by Gasteiger charge is 2.23. The summed E-state index contributed by atoms with van der Waals surface area (Å²) in [4.78, 5) is 0.299. The van der Waals surface area contributed by atoms with Crippen molar-refractivity contribution in [3.8, 4) is 0 Å². The standard InChI is InChI=1S/C19H22N2O2S/c1-15(2)18(20-24(22,23)17-9-4-3-5-10-17)14-21-13-12-16-8-6-7-11-19(16)21/h3-13,15,18,20H,14H2,1-2H3. The largest absolute Gasteiger partial charge is 0.346 e. The number of rotatable bonds is 6. The molecule has 0 aliphatic rings. The van der Waals surface area contributed by atoms with Gasteiger partial charge in [-0.3, -0.25) is 0 Å². The van der Waals surface area contributed by atoms with Gasteiger partial charge in [0.15, 0.2) is 0 Å². The molecule has 0 aliphatic carbocycles. The molecule has 2 aromatic carbocycles. The summed E-state index contributed by atoms with van der Waals surface area (Å²) in [6.45, 7) is 4.66. The van der Waals surface area contributed by atoms with Gasteiger partial charge in [-0.1, -0.05) is 50.2 Å². The fourth-order valence-electron chi connectivity index (χ4n) is 2.76. The van der Waals surface area contributed by atoms with E-state index in [0.717, 1.165) is 10.9 Å². The van der Waals surface area contributed by atoms with Crippen LogP contribution in [0.15, 0.2) is 71.8 Å². The van der Waals surface area contributed by atoms with Crippen LogP contribution in [0.2, 0.25) is 0 Å². The van der Waals surface area contributed by atoms with Crippen LogP contribution in [-0.2, 0) is 16.6 Å². The van der Waals surface area contributed by atoms with Crippen LogP contribution in [0, 0.1) is 5.92 Å². The van der Waals surface area contributed by atoms with Gasteiger partial charge in [-0.05, 0) is 35.6 Å². The van der Waals surface area contributed by atoms with E-state index in [-0.39, 0.29) is 12.0 Å². The summed E-state index contributed by atoms with van der Waals surface area (Å²) in [7, 11) is -3.52. The molecule has 1 heterocycles. The molecule has 24 heavy (non-hydrogen) atoms. The van der Waals surface area contributed by atoms with Crippen LogP contribution in [0.1, 0.15) is 13.8 Å². The minimum Gasteiger partial charge on any atom is -0.346 e. The molecule has 126 valence electrons. The maximum atomic E-state index is 12.6. The number of para-hydroxylation sites is 1. The van der Waals surface area contributed by atoms with Crippen molar-refractivity contribution < 1.29 is 8.42 Å². The third kappa shape index (κ3) is 3.52. The van der Waals surface area contributed by atoms with E-state index in [1.165, 1.54) is 0 Å². The quantitative estimate of drug-likeness (QED) is 0.743. The Morgan fingerprint density at radius 1 is 0.958 bits per heavy atom. The fraction of sp³-hybridized carbons (Fsp3) is 0.263. The monoisotopic (exact) mass is 342 g/mol. The molecule has 0 spiro atoms. The molecule has 1 atom stereocenters. The predicted molar refractivity (Wildman–Crippen MR) is 97.3 cm³/mol. The van der Waals surface area contributed by atoms with Crippen LogP contribution in [0.3, 0.4) is 0 Å². The lowest BCUT2D eigenvalue weighted by molar-refractivity contribution is 0.403. The molecule has 1 unspecified atom stereocenters. The van der Waals surface area contributed by atoms with Crippen molar-refractivity contribution in [1.29, 1.82) is 0 Å². The number of nitrogens with one attached hydrogen (secondary N) is 1. The van der Waals surface area contributed by atoms with E-state index < -0.39 is 10.0 Å². The maximum Gasteiger partial charge on any atom is 0.240 e. The Hall–Kier alpha value is -2.11. The van der Waals surface area contributed by atoms with Crippen LogP contribution in [0.4, 0.5) is 0 Å². The number of fused-ring (bicyclic) bond motifs is 1. The lowest BCUT2D eigenvalue weighted by Crippen LogP contribution is -2.41. The highest BCUT2D eigenvalue weighted by Crippen LogP contribution is 2.18. The van der Waals surface area contributed by atoms with Gasteiger partial charge in [-0.25, -0.2) is 13.1 Å². The van der Waals surface area contributed by atoms with E-state index >= 15 is 0 Å². The van der Waals surface area contributed by atoms with Gasteiger partial charge in [0.25, 0.3) is 0 Å². The van der Waals surface area contributed by atoms with Gasteiger partial charge in [0.1, 0.15) is 0 Å². The molecule has 4 nitrogen and oxygen atoms in total. The molecule has 0 aliphatic heterocycles. The first-order chi connectivity index (χ1) is 11.5. The number of nitrogens with zero attached hydrogens (tertiary/aromatic N) is 1. The number of hydrogen-bond donors (Lipinski definition) is 1. The molecule has 1 aromatic heterocycles. The molecule has 0 fully saturated rings. The van der Waals surface area contributed by atoms with Gasteiger partial charge in [-0.2, -0.15) is 0 Å². The van der Waals surface area contributed by atoms with Gasteiger partial charge < -0.3 is 4.57 Å². The topological polar surface area (TPSA) is 51.1 Å². The van der Waals surface area contributed by atoms with E-state index in [0.29, 0.717) is 11.4 Å². The Morgan fingerprint density at radius 3 is 2.33 bits per heavy atom. The zero-order valence-corrected chi connectivity index (χ0v) is 14.7. The van der Waals surface area contributed by atoms with Crippen LogP contribution in [0.5, 0.6) is 0 Å². The molecule has 3 rings (SSSR count). The summed E-state index contributed by atoms with van der Waals surface area (Å²) < 4.78 is 30.2. The van der Waals surface area contributed by atoms with Crippen molar-refractivity contribution in [3.63, 3.8) is 0 Å². The minimum atomic E-state index is -3.52. The molecule has 0 saturated carbocycles. The van der Waals surface area contributed by atoms with Crippen molar-refractivity contribution in [2.75, 3.05) is 0 Å². The highest BCUT2D eigenvalue weighted by molar-refractivity contribution is 7.89.